The number of amides is 1. The minimum Gasteiger partial charge on any atom is -0.481 e. The fourth-order valence-corrected chi connectivity index (χ4v) is 1.67. The van der Waals surface area contributed by atoms with Gasteiger partial charge in [0.05, 0.1) is 6.42 Å². The van der Waals surface area contributed by atoms with Gasteiger partial charge in [-0.25, -0.2) is 0 Å². The Morgan fingerprint density at radius 2 is 1.94 bits per heavy atom. The first-order valence-electron chi connectivity index (χ1n) is 6.02. The molecule has 1 amide bonds. The number of hydrogen-bond acceptors (Lipinski definition) is 2. The summed E-state index contributed by atoms with van der Waals surface area (Å²) in [5.41, 5.74) is 0. The zero-order valence-electron chi connectivity index (χ0n) is 10.1. The van der Waals surface area contributed by atoms with Crippen molar-refractivity contribution in [3.05, 3.63) is 0 Å². The molecule has 1 saturated carbocycles. The molecule has 92 valence electrons. The van der Waals surface area contributed by atoms with Crippen LogP contribution in [-0.2, 0) is 9.59 Å². The van der Waals surface area contributed by atoms with Gasteiger partial charge in [0.2, 0.25) is 5.91 Å². The maximum atomic E-state index is 11.9. The normalized spacial score (nSPS) is 15.2. The average Bonchev–Trinajstić information content (AvgIpc) is 2.98. The predicted molar refractivity (Wildman–Crippen MR) is 61.1 cm³/mol. The molecule has 0 heterocycles. The molecule has 0 aromatic rings. The molecule has 0 spiro atoms. The molecular weight excluding hydrogens is 206 g/mol. The third kappa shape index (κ3) is 4.64. The van der Waals surface area contributed by atoms with E-state index in [0.29, 0.717) is 24.9 Å². The van der Waals surface area contributed by atoms with Crippen LogP contribution in [0.1, 0.15) is 46.0 Å². The predicted octanol–water partition coefficient (Wildman–Crippen LogP) is 1.89. The summed E-state index contributed by atoms with van der Waals surface area (Å²) in [6.07, 6.45) is 3.56. The number of nitrogens with zero attached hydrogens (tertiary/aromatic N) is 1. The van der Waals surface area contributed by atoms with Crippen LogP contribution in [0, 0.1) is 5.92 Å². The molecule has 0 aromatic carbocycles. The Morgan fingerprint density at radius 1 is 1.31 bits per heavy atom. The molecule has 0 saturated heterocycles. The number of rotatable bonds is 7. The lowest BCUT2D eigenvalue weighted by Gasteiger charge is -2.22. The highest BCUT2D eigenvalue weighted by atomic mass is 16.4. The van der Waals surface area contributed by atoms with Crippen molar-refractivity contribution >= 4 is 11.9 Å². The van der Waals surface area contributed by atoms with Crippen LogP contribution in [0.4, 0.5) is 0 Å². The Morgan fingerprint density at radius 3 is 2.38 bits per heavy atom. The fourth-order valence-electron chi connectivity index (χ4n) is 1.67. The molecule has 1 N–H and O–H groups in total. The van der Waals surface area contributed by atoms with E-state index in [2.05, 4.69) is 13.8 Å². The Balaban J connectivity index is 2.36. The molecule has 0 unspecified atom stereocenters. The van der Waals surface area contributed by atoms with Gasteiger partial charge in [0.25, 0.3) is 0 Å². The van der Waals surface area contributed by atoms with E-state index in [0.717, 1.165) is 19.3 Å². The smallest absolute Gasteiger partial charge is 0.305 e. The van der Waals surface area contributed by atoms with Crippen molar-refractivity contribution in [3.63, 3.8) is 0 Å². The van der Waals surface area contributed by atoms with Crippen molar-refractivity contribution in [1.29, 1.82) is 0 Å². The van der Waals surface area contributed by atoms with Crippen molar-refractivity contribution in [2.75, 3.05) is 6.54 Å². The summed E-state index contributed by atoms with van der Waals surface area (Å²) in [7, 11) is 0. The molecule has 0 bridgehead atoms. The molecule has 1 aliphatic carbocycles. The third-order valence-corrected chi connectivity index (χ3v) is 2.81. The quantitative estimate of drug-likeness (QED) is 0.722. The average molecular weight is 227 g/mol. The van der Waals surface area contributed by atoms with Crippen molar-refractivity contribution in [1.82, 2.24) is 4.90 Å². The van der Waals surface area contributed by atoms with Crippen molar-refractivity contribution < 1.29 is 14.7 Å². The zero-order valence-corrected chi connectivity index (χ0v) is 10.1. The highest BCUT2D eigenvalue weighted by Gasteiger charge is 2.32. The first-order valence-corrected chi connectivity index (χ1v) is 6.02. The first kappa shape index (κ1) is 13.0. The molecule has 0 aliphatic heterocycles. The van der Waals surface area contributed by atoms with Crippen LogP contribution in [0.15, 0.2) is 0 Å². The fraction of sp³-hybridized carbons (Fsp3) is 0.833. The molecule has 1 rings (SSSR count). The number of aliphatic carboxylic acids is 1. The second-order valence-electron chi connectivity index (χ2n) is 4.89. The zero-order chi connectivity index (χ0) is 12.1. The van der Waals surface area contributed by atoms with Crippen molar-refractivity contribution in [2.24, 2.45) is 5.92 Å². The Kier molecular flexibility index (Phi) is 4.77. The van der Waals surface area contributed by atoms with Gasteiger partial charge in [0.15, 0.2) is 0 Å². The molecule has 0 atom stereocenters. The Hall–Kier alpha value is -1.06. The molecule has 4 heteroatoms. The first-order chi connectivity index (χ1) is 7.50. The van der Waals surface area contributed by atoms with E-state index in [9.17, 15) is 9.59 Å². The summed E-state index contributed by atoms with van der Waals surface area (Å²) in [5, 5.41) is 8.63. The van der Waals surface area contributed by atoms with Gasteiger partial charge in [-0.2, -0.15) is 0 Å². The number of carbonyl (C=O) groups excluding carboxylic acids is 1. The number of hydrogen-bond donors (Lipinski definition) is 1. The lowest BCUT2D eigenvalue weighted by Crippen LogP contribution is -2.35. The van der Waals surface area contributed by atoms with Crippen LogP contribution in [0.3, 0.4) is 0 Å². The topological polar surface area (TPSA) is 57.6 Å². The summed E-state index contributed by atoms with van der Waals surface area (Å²) < 4.78 is 0. The lowest BCUT2D eigenvalue weighted by molar-refractivity contribution is -0.138. The molecule has 1 fully saturated rings. The van der Waals surface area contributed by atoms with Crippen molar-refractivity contribution in [2.45, 2.75) is 52.0 Å². The van der Waals surface area contributed by atoms with Gasteiger partial charge < -0.3 is 10.0 Å². The molecule has 16 heavy (non-hydrogen) atoms. The van der Waals surface area contributed by atoms with Gasteiger partial charge in [0.1, 0.15) is 0 Å². The van der Waals surface area contributed by atoms with E-state index in [4.69, 9.17) is 5.11 Å². The minimum atomic E-state index is -0.831. The third-order valence-electron chi connectivity index (χ3n) is 2.81. The number of carbonyl (C=O) groups is 2. The maximum absolute atomic E-state index is 11.9. The largest absolute Gasteiger partial charge is 0.481 e. The molecule has 1 aliphatic rings. The maximum Gasteiger partial charge on any atom is 0.305 e. The molecular formula is C12H21NO3. The highest BCUT2D eigenvalue weighted by Crippen LogP contribution is 2.28. The number of carboxylic acid groups (broad SMARTS) is 1. The van der Waals surface area contributed by atoms with E-state index >= 15 is 0 Å². The SMILES string of the molecule is CC(C)CCC(=O)N(CCC(=O)O)C1CC1. The van der Waals surface area contributed by atoms with Gasteiger partial charge in [-0.05, 0) is 25.2 Å². The van der Waals surface area contributed by atoms with Gasteiger partial charge in [-0.1, -0.05) is 13.8 Å². The van der Waals surface area contributed by atoms with Crippen LogP contribution in [0.25, 0.3) is 0 Å². The van der Waals surface area contributed by atoms with Crippen LogP contribution < -0.4 is 0 Å². The number of carboxylic acids is 1. The summed E-state index contributed by atoms with van der Waals surface area (Å²) in [4.78, 5) is 24.1. The van der Waals surface area contributed by atoms with Crippen LogP contribution in [0.2, 0.25) is 0 Å². The van der Waals surface area contributed by atoms with Gasteiger partial charge in [-0.3, -0.25) is 9.59 Å². The van der Waals surface area contributed by atoms with Crippen molar-refractivity contribution in [3.8, 4) is 0 Å². The summed E-state index contributed by atoms with van der Waals surface area (Å²) in [6.45, 7) is 4.55. The summed E-state index contributed by atoms with van der Waals surface area (Å²) in [5.74, 6) is -0.191. The van der Waals surface area contributed by atoms with E-state index in [1.165, 1.54) is 0 Å². The van der Waals surface area contributed by atoms with Gasteiger partial charge in [0, 0.05) is 19.0 Å². The lowest BCUT2D eigenvalue weighted by atomic mass is 10.1. The molecule has 4 nitrogen and oxygen atoms in total. The van der Waals surface area contributed by atoms with E-state index in [-0.39, 0.29) is 12.3 Å². The van der Waals surface area contributed by atoms with Crippen LogP contribution in [-0.4, -0.2) is 34.5 Å². The summed E-state index contributed by atoms with van der Waals surface area (Å²) in [6, 6.07) is 0.319. The second-order valence-corrected chi connectivity index (χ2v) is 4.89. The Bertz CT molecular complexity index is 259. The minimum absolute atomic E-state index is 0.0594. The van der Waals surface area contributed by atoms with E-state index < -0.39 is 5.97 Å². The highest BCUT2D eigenvalue weighted by molar-refractivity contribution is 5.77. The van der Waals surface area contributed by atoms with Crippen LogP contribution >= 0.6 is 0 Å². The molecule has 0 radical (unpaired) electrons. The van der Waals surface area contributed by atoms with Crippen LogP contribution in [0.5, 0.6) is 0 Å². The molecule has 0 aromatic heterocycles. The Labute approximate surface area is 96.6 Å². The summed E-state index contributed by atoms with van der Waals surface area (Å²) >= 11 is 0. The second kappa shape index (κ2) is 5.87. The van der Waals surface area contributed by atoms with E-state index in [1.54, 1.807) is 4.90 Å². The van der Waals surface area contributed by atoms with Gasteiger partial charge >= 0.3 is 5.97 Å². The monoisotopic (exact) mass is 227 g/mol. The standard InChI is InChI=1S/C12H21NO3/c1-9(2)3-6-11(14)13(10-4-5-10)8-7-12(15)16/h9-10H,3-8H2,1-2H3,(H,15,16). The van der Waals surface area contributed by atoms with E-state index in [1.807, 2.05) is 0 Å². The van der Waals surface area contributed by atoms with Gasteiger partial charge in [-0.15, -0.1) is 0 Å².